The van der Waals surface area contributed by atoms with Crippen molar-refractivity contribution in [3.8, 4) is 11.5 Å². The van der Waals surface area contributed by atoms with Gasteiger partial charge in [-0.1, -0.05) is 6.07 Å². The number of aromatic nitrogens is 1. The van der Waals surface area contributed by atoms with Gasteiger partial charge in [-0.2, -0.15) is 0 Å². The maximum Gasteiger partial charge on any atom is 0.231 e. The number of aromatic amines is 1. The monoisotopic (exact) mass is 257 g/mol. The smallest absolute Gasteiger partial charge is 0.231 e. The van der Waals surface area contributed by atoms with Crippen LogP contribution in [0.15, 0.2) is 35.1 Å². The van der Waals surface area contributed by atoms with Crippen LogP contribution in [0, 0.1) is 5.82 Å². The molecule has 2 aromatic carbocycles. The van der Waals surface area contributed by atoms with Crippen LogP contribution in [0.1, 0.15) is 0 Å². The second kappa shape index (κ2) is 3.47. The van der Waals surface area contributed by atoms with Crippen molar-refractivity contribution in [3.63, 3.8) is 0 Å². The minimum absolute atomic E-state index is 0.0638. The number of halogens is 1. The van der Waals surface area contributed by atoms with Gasteiger partial charge in [0.25, 0.3) is 0 Å². The first-order valence-electron chi connectivity index (χ1n) is 5.78. The Kier molecular flexibility index (Phi) is 1.90. The van der Waals surface area contributed by atoms with E-state index in [9.17, 15) is 9.18 Å². The predicted octanol–water partition coefficient (Wildman–Crippen LogP) is 2.55. The minimum atomic E-state index is -0.529. The molecule has 94 valence electrons. The fourth-order valence-corrected chi connectivity index (χ4v) is 2.37. The first kappa shape index (κ1) is 10.4. The minimum Gasteiger partial charge on any atom is -0.454 e. The highest BCUT2D eigenvalue weighted by Gasteiger charge is 2.17. The SMILES string of the molecule is O=c1c2cc3c(cc2[nH]c2cccc(F)c12)OCO3. The van der Waals surface area contributed by atoms with Crippen molar-refractivity contribution in [1.29, 1.82) is 0 Å². The van der Waals surface area contributed by atoms with Gasteiger partial charge in [-0.25, -0.2) is 4.39 Å². The van der Waals surface area contributed by atoms with Gasteiger partial charge in [0.2, 0.25) is 6.79 Å². The van der Waals surface area contributed by atoms with E-state index in [1.807, 2.05) is 0 Å². The summed E-state index contributed by atoms with van der Waals surface area (Å²) in [5, 5.41) is 0.454. The maximum absolute atomic E-state index is 13.8. The lowest BCUT2D eigenvalue weighted by molar-refractivity contribution is 0.174. The van der Waals surface area contributed by atoms with Crippen LogP contribution in [0.4, 0.5) is 4.39 Å². The molecule has 1 aromatic heterocycles. The normalized spacial score (nSPS) is 13.3. The molecule has 2 heterocycles. The first-order valence-corrected chi connectivity index (χ1v) is 5.78. The van der Waals surface area contributed by atoms with Gasteiger partial charge in [0, 0.05) is 6.07 Å². The Bertz CT molecular complexity index is 885. The molecule has 19 heavy (non-hydrogen) atoms. The van der Waals surface area contributed by atoms with Gasteiger partial charge < -0.3 is 14.5 Å². The highest BCUT2D eigenvalue weighted by atomic mass is 19.1. The molecule has 0 aliphatic carbocycles. The van der Waals surface area contributed by atoms with Crippen LogP contribution in [0.5, 0.6) is 11.5 Å². The van der Waals surface area contributed by atoms with Crippen LogP contribution in [-0.4, -0.2) is 11.8 Å². The van der Waals surface area contributed by atoms with Gasteiger partial charge in [0.05, 0.1) is 21.8 Å². The molecule has 0 fully saturated rings. The van der Waals surface area contributed by atoms with E-state index in [0.29, 0.717) is 27.9 Å². The molecule has 1 N–H and O–H groups in total. The Morgan fingerprint density at radius 1 is 1.11 bits per heavy atom. The summed E-state index contributed by atoms with van der Waals surface area (Å²) in [7, 11) is 0. The molecule has 0 bridgehead atoms. The third kappa shape index (κ3) is 1.35. The molecule has 0 radical (unpaired) electrons. The molecule has 4 rings (SSSR count). The van der Waals surface area contributed by atoms with Crippen molar-refractivity contribution in [2.24, 2.45) is 0 Å². The molecule has 4 nitrogen and oxygen atoms in total. The van der Waals surface area contributed by atoms with Gasteiger partial charge in [0.15, 0.2) is 16.9 Å². The van der Waals surface area contributed by atoms with Crippen molar-refractivity contribution >= 4 is 21.8 Å². The lowest BCUT2D eigenvalue weighted by Crippen LogP contribution is -2.06. The molecule has 0 saturated carbocycles. The largest absolute Gasteiger partial charge is 0.454 e. The number of nitrogens with one attached hydrogen (secondary N) is 1. The average molecular weight is 257 g/mol. The van der Waals surface area contributed by atoms with Crippen molar-refractivity contribution in [2.75, 3.05) is 6.79 Å². The third-order valence-corrected chi connectivity index (χ3v) is 3.27. The van der Waals surface area contributed by atoms with E-state index in [2.05, 4.69) is 4.98 Å². The van der Waals surface area contributed by atoms with E-state index in [0.717, 1.165) is 0 Å². The number of benzene rings is 2. The Balaban J connectivity index is 2.23. The summed E-state index contributed by atoms with van der Waals surface area (Å²) < 4.78 is 24.3. The molecule has 0 unspecified atom stereocenters. The van der Waals surface area contributed by atoms with Gasteiger partial charge >= 0.3 is 0 Å². The molecule has 3 aromatic rings. The van der Waals surface area contributed by atoms with E-state index in [1.165, 1.54) is 6.07 Å². The second-order valence-electron chi connectivity index (χ2n) is 4.37. The second-order valence-corrected chi connectivity index (χ2v) is 4.37. The Morgan fingerprint density at radius 3 is 2.74 bits per heavy atom. The van der Waals surface area contributed by atoms with E-state index >= 15 is 0 Å². The summed E-state index contributed by atoms with van der Waals surface area (Å²) in [6, 6.07) is 7.79. The third-order valence-electron chi connectivity index (χ3n) is 3.27. The fraction of sp³-hybridized carbons (Fsp3) is 0.0714. The van der Waals surface area contributed by atoms with Crippen LogP contribution in [-0.2, 0) is 0 Å². The zero-order valence-electron chi connectivity index (χ0n) is 9.70. The Hall–Kier alpha value is -2.56. The predicted molar refractivity (Wildman–Crippen MR) is 68.2 cm³/mol. The number of ether oxygens (including phenoxy) is 2. The van der Waals surface area contributed by atoms with Gasteiger partial charge in [0.1, 0.15) is 5.82 Å². The molecular formula is C14H8FNO3. The van der Waals surface area contributed by atoms with Crippen molar-refractivity contribution in [2.45, 2.75) is 0 Å². The highest BCUT2D eigenvalue weighted by molar-refractivity contribution is 5.94. The zero-order valence-corrected chi connectivity index (χ0v) is 9.70. The highest BCUT2D eigenvalue weighted by Crippen LogP contribution is 2.35. The van der Waals surface area contributed by atoms with Crippen LogP contribution in [0.3, 0.4) is 0 Å². The van der Waals surface area contributed by atoms with E-state index in [4.69, 9.17) is 9.47 Å². The maximum atomic E-state index is 13.8. The van der Waals surface area contributed by atoms with Gasteiger partial charge in [-0.3, -0.25) is 4.79 Å². The topological polar surface area (TPSA) is 51.3 Å². The van der Waals surface area contributed by atoms with E-state index in [-0.39, 0.29) is 17.6 Å². The van der Waals surface area contributed by atoms with Crippen LogP contribution in [0.2, 0.25) is 0 Å². The summed E-state index contributed by atoms with van der Waals surface area (Å²) in [4.78, 5) is 15.4. The number of hydrogen-bond acceptors (Lipinski definition) is 3. The van der Waals surface area contributed by atoms with E-state index in [1.54, 1.807) is 24.3 Å². The zero-order chi connectivity index (χ0) is 13.0. The standard InChI is InChI=1S/C14H8FNO3/c15-8-2-1-3-9-13(8)14(17)7-4-11-12(19-6-18-11)5-10(7)16-9/h1-5H,6H2,(H,16,17). The lowest BCUT2D eigenvalue weighted by atomic mass is 10.1. The number of pyridine rings is 1. The summed E-state index contributed by atoms with van der Waals surface area (Å²) >= 11 is 0. The summed E-state index contributed by atoms with van der Waals surface area (Å²) in [6.07, 6.45) is 0. The Labute approximate surface area is 106 Å². The van der Waals surface area contributed by atoms with Crippen LogP contribution >= 0.6 is 0 Å². The molecule has 0 atom stereocenters. The van der Waals surface area contributed by atoms with Gasteiger partial charge in [-0.05, 0) is 18.2 Å². The molecule has 0 spiro atoms. The van der Waals surface area contributed by atoms with Crippen molar-refractivity contribution < 1.29 is 13.9 Å². The number of H-pyrrole nitrogens is 1. The summed E-state index contributed by atoms with van der Waals surface area (Å²) in [6.45, 7) is 0.133. The average Bonchev–Trinajstić information content (AvgIpc) is 2.84. The number of rotatable bonds is 0. The molecule has 0 amide bonds. The molecule has 0 saturated heterocycles. The number of fused-ring (bicyclic) bond motifs is 3. The molecule has 1 aliphatic rings. The molecular weight excluding hydrogens is 249 g/mol. The summed E-state index contributed by atoms with van der Waals surface area (Å²) in [5.41, 5.74) is 0.726. The lowest BCUT2D eigenvalue weighted by Gasteiger charge is -2.04. The van der Waals surface area contributed by atoms with Crippen LogP contribution in [0.25, 0.3) is 21.8 Å². The first-order chi connectivity index (χ1) is 9.24. The fourth-order valence-electron chi connectivity index (χ4n) is 2.37. The summed E-state index contributed by atoms with van der Waals surface area (Å²) in [5.74, 6) is 0.561. The number of hydrogen-bond donors (Lipinski definition) is 1. The van der Waals surface area contributed by atoms with Gasteiger partial charge in [-0.15, -0.1) is 0 Å². The van der Waals surface area contributed by atoms with Crippen molar-refractivity contribution in [3.05, 3.63) is 46.4 Å². The molecule has 5 heteroatoms. The van der Waals surface area contributed by atoms with Crippen molar-refractivity contribution in [1.82, 2.24) is 4.98 Å². The molecule has 1 aliphatic heterocycles. The van der Waals surface area contributed by atoms with Crippen LogP contribution < -0.4 is 14.9 Å². The Morgan fingerprint density at radius 2 is 1.89 bits per heavy atom. The quantitative estimate of drug-likeness (QED) is 0.630. The van der Waals surface area contributed by atoms with E-state index < -0.39 is 5.82 Å².